The summed E-state index contributed by atoms with van der Waals surface area (Å²) in [6.07, 6.45) is 2.63. The van der Waals surface area contributed by atoms with Crippen LogP contribution in [-0.4, -0.2) is 9.55 Å². The lowest BCUT2D eigenvalue weighted by molar-refractivity contribution is 0.735. The molecule has 0 N–H and O–H groups in total. The molecule has 3 nitrogen and oxygen atoms in total. The number of aryl methyl sites for hydroxylation is 2. The van der Waals surface area contributed by atoms with Gasteiger partial charge in [0, 0.05) is 35.3 Å². The summed E-state index contributed by atoms with van der Waals surface area (Å²) in [5.41, 5.74) is 3.03. The Morgan fingerprint density at radius 1 is 1.21 bits per heavy atom. The fraction of sp³-hybridized carbons (Fsp3) is 0.250. The fourth-order valence-electron chi connectivity index (χ4n) is 2.71. The van der Waals surface area contributed by atoms with Gasteiger partial charge in [-0.3, -0.25) is 9.78 Å². The molecule has 0 atom stereocenters. The van der Waals surface area contributed by atoms with Crippen LogP contribution < -0.4 is 5.43 Å². The van der Waals surface area contributed by atoms with Crippen LogP contribution in [0.25, 0.3) is 21.8 Å². The first-order valence-electron chi connectivity index (χ1n) is 6.66. The van der Waals surface area contributed by atoms with Crippen molar-refractivity contribution in [3.8, 4) is 0 Å². The molecule has 0 aliphatic carbocycles. The SMILES string of the molecule is CCc1cc(=O)c2ccc3cccnc3c2n1CC. The molecule has 0 amide bonds. The van der Waals surface area contributed by atoms with E-state index in [0.29, 0.717) is 0 Å². The van der Waals surface area contributed by atoms with E-state index in [4.69, 9.17) is 0 Å². The van der Waals surface area contributed by atoms with E-state index in [2.05, 4.69) is 23.4 Å². The van der Waals surface area contributed by atoms with Crippen LogP contribution in [0.15, 0.2) is 41.3 Å². The van der Waals surface area contributed by atoms with Gasteiger partial charge in [0.05, 0.1) is 11.0 Å². The van der Waals surface area contributed by atoms with Gasteiger partial charge in [-0.15, -0.1) is 0 Å². The maximum atomic E-state index is 12.2. The molecule has 96 valence electrons. The highest BCUT2D eigenvalue weighted by Gasteiger charge is 2.10. The van der Waals surface area contributed by atoms with E-state index in [1.807, 2.05) is 24.3 Å². The van der Waals surface area contributed by atoms with Crippen molar-refractivity contribution < 1.29 is 0 Å². The second-order valence-corrected chi connectivity index (χ2v) is 4.63. The van der Waals surface area contributed by atoms with Crippen LogP contribution in [0.4, 0.5) is 0 Å². The summed E-state index contributed by atoms with van der Waals surface area (Å²) < 4.78 is 2.20. The summed E-state index contributed by atoms with van der Waals surface area (Å²) in [4.78, 5) is 16.7. The Morgan fingerprint density at radius 2 is 2.05 bits per heavy atom. The number of benzene rings is 1. The standard InChI is InChI=1S/C16H16N2O/c1-3-12-10-14(19)13-8-7-11-6-5-9-17-15(11)16(13)18(12)4-2/h5-10H,3-4H2,1-2H3. The molecule has 0 radical (unpaired) electrons. The number of hydrogen-bond donors (Lipinski definition) is 0. The van der Waals surface area contributed by atoms with Crippen molar-refractivity contribution in [1.29, 1.82) is 0 Å². The van der Waals surface area contributed by atoms with E-state index in [9.17, 15) is 4.79 Å². The molecule has 2 heterocycles. The zero-order chi connectivity index (χ0) is 13.4. The highest BCUT2D eigenvalue weighted by atomic mass is 16.1. The third-order valence-corrected chi connectivity index (χ3v) is 3.61. The Bertz CT molecular complexity index is 818. The molecule has 0 bridgehead atoms. The second-order valence-electron chi connectivity index (χ2n) is 4.63. The summed E-state index contributed by atoms with van der Waals surface area (Å²) in [5.74, 6) is 0. The molecule has 3 rings (SSSR count). The number of fused-ring (bicyclic) bond motifs is 3. The van der Waals surface area contributed by atoms with Gasteiger partial charge in [-0.25, -0.2) is 0 Å². The van der Waals surface area contributed by atoms with Crippen LogP contribution in [-0.2, 0) is 13.0 Å². The summed E-state index contributed by atoms with van der Waals surface area (Å²) in [6, 6.07) is 9.59. The summed E-state index contributed by atoms with van der Waals surface area (Å²) in [7, 11) is 0. The minimum atomic E-state index is 0.0871. The molecule has 19 heavy (non-hydrogen) atoms. The van der Waals surface area contributed by atoms with Gasteiger partial charge in [0.15, 0.2) is 5.43 Å². The summed E-state index contributed by atoms with van der Waals surface area (Å²) in [6.45, 7) is 5.02. The predicted molar refractivity (Wildman–Crippen MR) is 78.6 cm³/mol. The maximum Gasteiger partial charge on any atom is 0.189 e. The van der Waals surface area contributed by atoms with Gasteiger partial charge >= 0.3 is 0 Å². The van der Waals surface area contributed by atoms with Crippen molar-refractivity contribution in [2.75, 3.05) is 0 Å². The molecule has 0 saturated carbocycles. The van der Waals surface area contributed by atoms with Crippen LogP contribution >= 0.6 is 0 Å². The molecule has 2 aromatic heterocycles. The highest BCUT2D eigenvalue weighted by molar-refractivity contribution is 6.02. The third-order valence-electron chi connectivity index (χ3n) is 3.61. The van der Waals surface area contributed by atoms with Crippen molar-refractivity contribution in [3.05, 3.63) is 52.4 Å². The first kappa shape index (κ1) is 11.9. The fourth-order valence-corrected chi connectivity index (χ4v) is 2.71. The molecule has 0 saturated heterocycles. The van der Waals surface area contributed by atoms with Gasteiger partial charge in [0.1, 0.15) is 0 Å². The molecular formula is C16H16N2O. The molecular weight excluding hydrogens is 236 g/mol. The van der Waals surface area contributed by atoms with Crippen LogP contribution in [0.2, 0.25) is 0 Å². The molecule has 1 aromatic carbocycles. The lowest BCUT2D eigenvalue weighted by Crippen LogP contribution is -2.13. The number of rotatable bonds is 2. The van der Waals surface area contributed by atoms with Gasteiger partial charge in [-0.2, -0.15) is 0 Å². The number of hydrogen-bond acceptors (Lipinski definition) is 2. The van der Waals surface area contributed by atoms with E-state index >= 15 is 0 Å². The number of pyridine rings is 2. The Balaban J connectivity index is 2.62. The van der Waals surface area contributed by atoms with Crippen molar-refractivity contribution >= 4 is 21.8 Å². The minimum Gasteiger partial charge on any atom is -0.343 e. The summed E-state index contributed by atoms with van der Waals surface area (Å²) >= 11 is 0. The monoisotopic (exact) mass is 252 g/mol. The van der Waals surface area contributed by atoms with Crippen LogP contribution in [0.1, 0.15) is 19.5 Å². The number of nitrogens with zero attached hydrogens (tertiary/aromatic N) is 2. The highest BCUT2D eigenvalue weighted by Crippen LogP contribution is 2.22. The molecule has 3 aromatic rings. The quantitative estimate of drug-likeness (QED) is 0.657. The van der Waals surface area contributed by atoms with Crippen molar-refractivity contribution in [1.82, 2.24) is 9.55 Å². The summed E-state index contributed by atoms with van der Waals surface area (Å²) in [5, 5.41) is 1.83. The van der Waals surface area contributed by atoms with E-state index in [-0.39, 0.29) is 5.43 Å². The van der Waals surface area contributed by atoms with Gasteiger partial charge in [-0.05, 0) is 25.5 Å². The molecule has 0 aliphatic rings. The normalized spacial score (nSPS) is 11.3. The lowest BCUT2D eigenvalue weighted by atomic mass is 10.1. The van der Waals surface area contributed by atoms with Crippen molar-refractivity contribution in [3.63, 3.8) is 0 Å². The number of aromatic nitrogens is 2. The van der Waals surface area contributed by atoms with E-state index in [1.165, 1.54) is 0 Å². The Kier molecular flexibility index (Phi) is 2.82. The van der Waals surface area contributed by atoms with E-state index < -0.39 is 0 Å². The Morgan fingerprint density at radius 3 is 2.79 bits per heavy atom. The van der Waals surface area contributed by atoms with Crippen LogP contribution in [0, 0.1) is 0 Å². The van der Waals surface area contributed by atoms with E-state index in [1.54, 1.807) is 12.3 Å². The van der Waals surface area contributed by atoms with Gasteiger partial charge in [0.2, 0.25) is 0 Å². The maximum absolute atomic E-state index is 12.2. The molecule has 0 spiro atoms. The van der Waals surface area contributed by atoms with Gasteiger partial charge < -0.3 is 4.57 Å². The van der Waals surface area contributed by atoms with Gasteiger partial charge in [-0.1, -0.05) is 19.1 Å². The van der Waals surface area contributed by atoms with Crippen molar-refractivity contribution in [2.45, 2.75) is 26.8 Å². The smallest absolute Gasteiger partial charge is 0.189 e. The van der Waals surface area contributed by atoms with Crippen LogP contribution in [0.5, 0.6) is 0 Å². The van der Waals surface area contributed by atoms with Crippen LogP contribution in [0.3, 0.4) is 0 Å². The van der Waals surface area contributed by atoms with E-state index in [0.717, 1.165) is 40.5 Å². The zero-order valence-corrected chi connectivity index (χ0v) is 11.2. The first-order chi connectivity index (χ1) is 9.26. The van der Waals surface area contributed by atoms with Crippen molar-refractivity contribution in [2.24, 2.45) is 0 Å². The molecule has 0 fully saturated rings. The average molecular weight is 252 g/mol. The largest absolute Gasteiger partial charge is 0.343 e. The lowest BCUT2D eigenvalue weighted by Gasteiger charge is -2.15. The second kappa shape index (κ2) is 4.50. The minimum absolute atomic E-state index is 0.0871. The molecule has 0 aliphatic heterocycles. The molecule has 3 heteroatoms. The first-order valence-corrected chi connectivity index (χ1v) is 6.66. The predicted octanol–water partition coefficient (Wildman–Crippen LogP) is 3.13. The average Bonchev–Trinajstić information content (AvgIpc) is 2.46. The third kappa shape index (κ3) is 1.73. The van der Waals surface area contributed by atoms with Gasteiger partial charge in [0.25, 0.3) is 0 Å². The molecule has 0 unspecified atom stereocenters. The Labute approximate surface area is 111 Å². The zero-order valence-electron chi connectivity index (χ0n) is 11.2. The topological polar surface area (TPSA) is 34.9 Å². The Hall–Kier alpha value is -2.16.